The number of nitrogens with two attached hydrogens (primary N) is 1. The van der Waals surface area contributed by atoms with Gasteiger partial charge in [0, 0.05) is 11.8 Å². The van der Waals surface area contributed by atoms with E-state index >= 15 is 0 Å². The molecule has 0 amide bonds. The van der Waals surface area contributed by atoms with Gasteiger partial charge < -0.3 is 10.6 Å². The van der Waals surface area contributed by atoms with Crippen molar-refractivity contribution in [2.24, 2.45) is 0 Å². The number of hydrogen-bond acceptors (Lipinski definition) is 2. The number of rotatable bonds is 2. The Bertz CT molecular complexity index is 317. The molecule has 0 spiro atoms. The Balaban J connectivity index is 2.03. The molecule has 1 aromatic carbocycles. The lowest BCUT2D eigenvalue weighted by Crippen LogP contribution is -2.11. The topological polar surface area (TPSA) is 46.2 Å². The molecule has 0 unspecified atom stereocenters. The minimum absolute atomic E-state index is 0.799. The Morgan fingerprint density at radius 2 is 1.67 bits per heavy atom. The van der Waals surface area contributed by atoms with Gasteiger partial charge in [0.05, 0.1) is 0 Å². The molecule has 0 atom stereocenters. The van der Waals surface area contributed by atoms with Crippen molar-refractivity contribution in [3.05, 3.63) is 29.8 Å². The van der Waals surface area contributed by atoms with Gasteiger partial charge in [-0.05, 0) is 50.4 Å². The standard InChI is InChI=1S/C12H19NOP/c13-12-6-4-11(5-7-12)10-15(14)8-2-1-3-9-15/h4-7,14H,1-3,8-10,13H2. The quantitative estimate of drug-likeness (QED) is 0.599. The Morgan fingerprint density at radius 3 is 2.27 bits per heavy atom. The summed E-state index contributed by atoms with van der Waals surface area (Å²) in [5.41, 5.74) is 7.68. The van der Waals surface area contributed by atoms with E-state index in [0.29, 0.717) is 0 Å². The van der Waals surface area contributed by atoms with Gasteiger partial charge in [0.1, 0.15) is 0 Å². The maximum atomic E-state index is 10.5. The van der Waals surface area contributed by atoms with E-state index in [2.05, 4.69) is 0 Å². The highest BCUT2D eigenvalue weighted by Crippen LogP contribution is 2.60. The Labute approximate surface area is 91.9 Å². The van der Waals surface area contributed by atoms with Crippen molar-refractivity contribution in [2.75, 3.05) is 18.1 Å². The van der Waals surface area contributed by atoms with E-state index in [1.54, 1.807) is 0 Å². The summed E-state index contributed by atoms with van der Waals surface area (Å²) in [6.45, 7) is 0. The highest BCUT2D eigenvalue weighted by Gasteiger charge is 2.26. The first-order valence-corrected chi connectivity index (χ1v) is 7.91. The summed E-state index contributed by atoms with van der Waals surface area (Å²) < 4.78 is 0. The van der Waals surface area contributed by atoms with Crippen molar-refractivity contribution in [2.45, 2.75) is 25.4 Å². The van der Waals surface area contributed by atoms with Crippen LogP contribution in [0.5, 0.6) is 0 Å². The van der Waals surface area contributed by atoms with Gasteiger partial charge in [-0.2, -0.15) is 0 Å². The highest BCUT2D eigenvalue weighted by atomic mass is 31.2. The van der Waals surface area contributed by atoms with Crippen LogP contribution in [0.4, 0.5) is 5.69 Å². The van der Waals surface area contributed by atoms with E-state index < -0.39 is 7.49 Å². The Morgan fingerprint density at radius 1 is 1.07 bits per heavy atom. The van der Waals surface area contributed by atoms with Gasteiger partial charge in [0.15, 0.2) is 0 Å². The van der Waals surface area contributed by atoms with Crippen LogP contribution in [-0.2, 0) is 6.16 Å². The fraction of sp³-hybridized carbons (Fsp3) is 0.500. The summed E-state index contributed by atoms with van der Waals surface area (Å²) in [5, 5.41) is 0. The molecule has 1 fully saturated rings. The lowest BCUT2D eigenvalue weighted by Gasteiger charge is -2.34. The first-order valence-electron chi connectivity index (χ1n) is 5.61. The van der Waals surface area contributed by atoms with Gasteiger partial charge in [-0.25, -0.2) is 0 Å². The minimum atomic E-state index is -1.64. The summed E-state index contributed by atoms with van der Waals surface area (Å²) in [6, 6.07) is 7.93. The van der Waals surface area contributed by atoms with E-state index in [1.165, 1.54) is 24.8 Å². The summed E-state index contributed by atoms with van der Waals surface area (Å²) in [6.07, 6.45) is 6.70. The third kappa shape index (κ3) is 2.93. The monoisotopic (exact) mass is 224 g/mol. The third-order valence-corrected chi connectivity index (χ3v) is 6.36. The molecule has 1 radical (unpaired) electrons. The number of nitrogen functional groups attached to an aromatic ring is 1. The minimum Gasteiger partial charge on any atom is -0.399 e. The summed E-state index contributed by atoms with van der Waals surface area (Å²) in [4.78, 5) is 10.5. The molecule has 1 aliphatic heterocycles. The number of benzene rings is 1. The van der Waals surface area contributed by atoms with Crippen LogP contribution in [0, 0.1) is 0 Å². The van der Waals surface area contributed by atoms with E-state index in [-0.39, 0.29) is 0 Å². The average Bonchev–Trinajstić information content (AvgIpc) is 2.22. The second kappa shape index (κ2) is 4.51. The van der Waals surface area contributed by atoms with Crippen molar-refractivity contribution in [3.8, 4) is 0 Å². The van der Waals surface area contributed by atoms with Crippen LogP contribution in [0.3, 0.4) is 0 Å². The summed E-state index contributed by atoms with van der Waals surface area (Å²) >= 11 is 0. The third-order valence-electron chi connectivity index (χ3n) is 3.11. The van der Waals surface area contributed by atoms with E-state index in [1.807, 2.05) is 24.3 Å². The molecule has 1 aliphatic rings. The zero-order chi connectivity index (χ0) is 10.7. The van der Waals surface area contributed by atoms with E-state index in [4.69, 9.17) is 5.73 Å². The van der Waals surface area contributed by atoms with Crippen LogP contribution in [0.1, 0.15) is 24.8 Å². The first-order chi connectivity index (χ1) is 7.18. The van der Waals surface area contributed by atoms with Crippen molar-refractivity contribution in [3.63, 3.8) is 0 Å². The molecule has 0 aliphatic carbocycles. The molecule has 3 N–H and O–H groups in total. The normalized spacial score (nSPS) is 20.1. The van der Waals surface area contributed by atoms with Gasteiger partial charge in [0.25, 0.3) is 0 Å². The number of anilines is 1. The smallest absolute Gasteiger partial charge is 0.0314 e. The molecule has 0 bridgehead atoms. The predicted octanol–water partition coefficient (Wildman–Crippen LogP) is 2.88. The van der Waals surface area contributed by atoms with Gasteiger partial charge in [-0.3, -0.25) is 0 Å². The van der Waals surface area contributed by atoms with Crippen molar-refractivity contribution >= 4 is 13.2 Å². The zero-order valence-electron chi connectivity index (χ0n) is 9.02. The SMILES string of the molecule is Nc1ccc(C[P]2(O)CCCCC2)cc1. The Hall–Kier alpha value is -0.590. The zero-order valence-corrected chi connectivity index (χ0v) is 9.92. The molecule has 1 saturated heterocycles. The highest BCUT2D eigenvalue weighted by molar-refractivity contribution is 7.69. The van der Waals surface area contributed by atoms with Gasteiger partial charge in [-0.15, -0.1) is 0 Å². The second-order valence-electron chi connectivity index (χ2n) is 4.50. The van der Waals surface area contributed by atoms with Gasteiger partial charge in [-0.1, -0.05) is 18.6 Å². The molecule has 15 heavy (non-hydrogen) atoms. The largest absolute Gasteiger partial charge is 0.399 e. The van der Waals surface area contributed by atoms with E-state index in [9.17, 15) is 4.89 Å². The molecule has 0 saturated carbocycles. The molecule has 3 heteroatoms. The molecule has 1 aromatic rings. The van der Waals surface area contributed by atoms with Crippen LogP contribution in [0.2, 0.25) is 0 Å². The predicted molar refractivity (Wildman–Crippen MR) is 67.3 cm³/mol. The fourth-order valence-electron chi connectivity index (χ4n) is 2.22. The molecular formula is C12H19NOP. The van der Waals surface area contributed by atoms with Crippen LogP contribution >= 0.6 is 7.49 Å². The Kier molecular flexibility index (Phi) is 3.28. The molecule has 83 valence electrons. The maximum Gasteiger partial charge on any atom is 0.0314 e. The molecule has 2 nitrogen and oxygen atoms in total. The lowest BCUT2D eigenvalue weighted by atomic mass is 10.2. The fourth-order valence-corrected chi connectivity index (χ4v) is 5.28. The number of hydrogen-bond donors (Lipinski definition) is 2. The van der Waals surface area contributed by atoms with E-state index in [0.717, 1.165) is 24.2 Å². The second-order valence-corrected chi connectivity index (χ2v) is 7.90. The first kappa shape index (κ1) is 10.9. The molecule has 1 heterocycles. The maximum absolute atomic E-state index is 10.5. The van der Waals surface area contributed by atoms with Crippen molar-refractivity contribution in [1.82, 2.24) is 0 Å². The van der Waals surface area contributed by atoms with Crippen LogP contribution in [-0.4, -0.2) is 17.2 Å². The van der Waals surface area contributed by atoms with Crippen LogP contribution in [0.15, 0.2) is 24.3 Å². The molecule has 0 aromatic heterocycles. The molecule has 2 rings (SSSR count). The van der Waals surface area contributed by atoms with Crippen LogP contribution in [0.25, 0.3) is 0 Å². The van der Waals surface area contributed by atoms with Gasteiger partial charge >= 0.3 is 0 Å². The lowest BCUT2D eigenvalue weighted by molar-refractivity contribution is 0.565. The van der Waals surface area contributed by atoms with Crippen LogP contribution < -0.4 is 5.73 Å². The van der Waals surface area contributed by atoms with Crippen molar-refractivity contribution < 1.29 is 4.89 Å². The van der Waals surface area contributed by atoms with Crippen molar-refractivity contribution in [1.29, 1.82) is 0 Å². The van der Waals surface area contributed by atoms with Gasteiger partial charge in [0.2, 0.25) is 0 Å². The summed E-state index contributed by atoms with van der Waals surface area (Å²) in [5.74, 6) is 0. The molecular weight excluding hydrogens is 205 g/mol. The summed E-state index contributed by atoms with van der Waals surface area (Å²) in [7, 11) is -1.64. The average molecular weight is 224 g/mol.